The SMILES string of the molecule is CS(=O)NCCC1(c2ccccc2)CCN(c2cccc(-c3ccc(F)cc3F)c2)C(=O)O1. The average Bonchev–Trinajstić information content (AvgIpc) is 2.79. The maximum atomic E-state index is 14.3. The minimum atomic E-state index is -1.17. The highest BCUT2D eigenvalue weighted by Gasteiger charge is 2.42. The van der Waals surface area contributed by atoms with Crippen molar-refractivity contribution in [2.45, 2.75) is 18.4 Å². The van der Waals surface area contributed by atoms with Gasteiger partial charge >= 0.3 is 6.09 Å². The monoisotopic (exact) mass is 470 g/mol. The number of ether oxygens (including phenoxy) is 1. The lowest BCUT2D eigenvalue weighted by Gasteiger charge is -2.41. The highest BCUT2D eigenvalue weighted by molar-refractivity contribution is 7.82. The van der Waals surface area contributed by atoms with E-state index in [1.54, 1.807) is 30.5 Å². The number of hydrogen-bond donors (Lipinski definition) is 1. The molecule has 1 fully saturated rings. The number of anilines is 1. The van der Waals surface area contributed by atoms with Gasteiger partial charge in [0.1, 0.15) is 17.2 Å². The molecular weight excluding hydrogens is 446 g/mol. The van der Waals surface area contributed by atoms with Crippen molar-refractivity contribution in [2.75, 3.05) is 24.2 Å². The van der Waals surface area contributed by atoms with E-state index in [4.69, 9.17) is 4.74 Å². The van der Waals surface area contributed by atoms with Crippen molar-refractivity contribution in [3.05, 3.63) is 90.0 Å². The van der Waals surface area contributed by atoms with E-state index in [9.17, 15) is 17.8 Å². The second-order valence-electron chi connectivity index (χ2n) is 7.90. The summed E-state index contributed by atoms with van der Waals surface area (Å²) >= 11 is 0. The van der Waals surface area contributed by atoms with Crippen LogP contribution in [-0.4, -0.2) is 29.6 Å². The molecule has 0 aromatic heterocycles. The van der Waals surface area contributed by atoms with Crippen LogP contribution in [-0.2, 0) is 21.3 Å². The summed E-state index contributed by atoms with van der Waals surface area (Å²) in [4.78, 5) is 14.7. The Labute approximate surface area is 194 Å². The largest absolute Gasteiger partial charge is 0.438 e. The van der Waals surface area contributed by atoms with Crippen LogP contribution in [0.1, 0.15) is 18.4 Å². The fraction of sp³-hybridized carbons (Fsp3) is 0.240. The summed E-state index contributed by atoms with van der Waals surface area (Å²) in [7, 11) is -1.17. The molecular formula is C25H24F2N2O3S. The molecule has 1 aliphatic rings. The molecule has 1 aliphatic heterocycles. The molecule has 0 spiro atoms. The number of nitrogens with one attached hydrogen (secondary N) is 1. The Balaban J connectivity index is 1.59. The number of cyclic esters (lactones) is 1. The zero-order valence-corrected chi connectivity index (χ0v) is 18.9. The number of carbonyl (C=O) groups excluding carboxylic acids is 1. The fourth-order valence-electron chi connectivity index (χ4n) is 4.12. The summed E-state index contributed by atoms with van der Waals surface area (Å²) in [6.07, 6.45) is 2.03. The van der Waals surface area contributed by atoms with Gasteiger partial charge in [-0.1, -0.05) is 42.5 Å². The van der Waals surface area contributed by atoms with E-state index in [0.29, 0.717) is 37.2 Å². The molecule has 4 rings (SSSR count). The van der Waals surface area contributed by atoms with Crippen molar-refractivity contribution in [2.24, 2.45) is 0 Å². The van der Waals surface area contributed by atoms with Gasteiger partial charge in [0.15, 0.2) is 0 Å². The van der Waals surface area contributed by atoms with Crippen LogP contribution in [0.25, 0.3) is 11.1 Å². The van der Waals surface area contributed by atoms with Gasteiger partial charge in [-0.2, -0.15) is 0 Å². The first kappa shape index (κ1) is 23.1. The fourth-order valence-corrected chi connectivity index (χ4v) is 4.51. The normalized spacial score (nSPS) is 19.2. The quantitative estimate of drug-likeness (QED) is 0.520. The molecule has 3 aromatic carbocycles. The molecule has 1 amide bonds. The molecule has 2 atom stereocenters. The first-order valence-electron chi connectivity index (χ1n) is 10.6. The average molecular weight is 471 g/mol. The Hall–Kier alpha value is -3.10. The summed E-state index contributed by atoms with van der Waals surface area (Å²) in [5, 5.41) is 0. The molecule has 3 aromatic rings. The molecule has 8 heteroatoms. The molecule has 0 aliphatic carbocycles. The van der Waals surface area contributed by atoms with Gasteiger partial charge in [0.05, 0.1) is 11.0 Å². The first-order chi connectivity index (χ1) is 15.9. The van der Waals surface area contributed by atoms with Crippen molar-refractivity contribution in [1.29, 1.82) is 0 Å². The smallest absolute Gasteiger partial charge is 0.415 e. The molecule has 2 unspecified atom stereocenters. The molecule has 172 valence electrons. The second-order valence-corrected chi connectivity index (χ2v) is 9.10. The van der Waals surface area contributed by atoms with Gasteiger partial charge in [0.2, 0.25) is 0 Å². The van der Waals surface area contributed by atoms with Gasteiger partial charge in [-0.05, 0) is 35.4 Å². The van der Waals surface area contributed by atoms with E-state index in [1.807, 2.05) is 30.3 Å². The van der Waals surface area contributed by atoms with E-state index in [2.05, 4.69) is 4.72 Å². The highest BCUT2D eigenvalue weighted by Crippen LogP contribution is 2.39. The molecule has 33 heavy (non-hydrogen) atoms. The van der Waals surface area contributed by atoms with Crippen molar-refractivity contribution in [1.82, 2.24) is 4.72 Å². The van der Waals surface area contributed by atoms with E-state index < -0.39 is 34.3 Å². The van der Waals surface area contributed by atoms with Gasteiger partial charge < -0.3 is 4.74 Å². The second kappa shape index (κ2) is 9.80. The van der Waals surface area contributed by atoms with Gasteiger partial charge in [-0.15, -0.1) is 0 Å². The Kier molecular flexibility index (Phi) is 6.85. The van der Waals surface area contributed by atoms with Crippen LogP contribution in [0.2, 0.25) is 0 Å². The maximum Gasteiger partial charge on any atom is 0.415 e. The van der Waals surface area contributed by atoms with Gasteiger partial charge in [-0.25, -0.2) is 22.5 Å². The number of carbonyl (C=O) groups is 1. The summed E-state index contributed by atoms with van der Waals surface area (Å²) in [5.41, 5.74) is 1.38. The van der Waals surface area contributed by atoms with Gasteiger partial charge in [0, 0.05) is 49.5 Å². The minimum absolute atomic E-state index is 0.251. The van der Waals surface area contributed by atoms with Crippen LogP contribution in [0.3, 0.4) is 0 Å². The number of halogens is 2. The van der Waals surface area contributed by atoms with E-state index >= 15 is 0 Å². The standard InChI is InChI=1S/C25H24F2N2O3S/c1-33(31)28-14-12-25(19-7-3-2-4-8-19)13-15-29(24(30)32-25)21-9-5-6-18(16-21)22-11-10-20(26)17-23(22)27/h2-11,16-17,28H,12-15H2,1H3. The van der Waals surface area contributed by atoms with Crippen molar-refractivity contribution in [3.8, 4) is 11.1 Å². The third kappa shape index (κ3) is 5.12. The van der Waals surface area contributed by atoms with Crippen molar-refractivity contribution in [3.63, 3.8) is 0 Å². The van der Waals surface area contributed by atoms with Crippen LogP contribution < -0.4 is 9.62 Å². The summed E-state index contributed by atoms with van der Waals surface area (Å²) < 4.78 is 47.9. The summed E-state index contributed by atoms with van der Waals surface area (Å²) in [6, 6.07) is 19.8. The third-order valence-corrected chi connectivity index (χ3v) is 6.39. The van der Waals surface area contributed by atoms with Crippen LogP contribution in [0.15, 0.2) is 72.8 Å². The first-order valence-corrected chi connectivity index (χ1v) is 12.1. The molecule has 1 heterocycles. The molecule has 1 saturated heterocycles. The Bertz CT molecular complexity index is 1180. The van der Waals surface area contributed by atoms with E-state index in [1.165, 1.54) is 17.0 Å². The Morgan fingerprint density at radius 2 is 1.85 bits per heavy atom. The lowest BCUT2D eigenvalue weighted by Crippen LogP contribution is -2.49. The van der Waals surface area contributed by atoms with Crippen LogP contribution in [0, 0.1) is 11.6 Å². The zero-order chi connectivity index (χ0) is 23.4. The highest BCUT2D eigenvalue weighted by atomic mass is 32.2. The minimum Gasteiger partial charge on any atom is -0.438 e. The zero-order valence-electron chi connectivity index (χ0n) is 18.1. The van der Waals surface area contributed by atoms with Gasteiger partial charge in [0.25, 0.3) is 0 Å². The van der Waals surface area contributed by atoms with Crippen LogP contribution in [0.5, 0.6) is 0 Å². The van der Waals surface area contributed by atoms with Gasteiger partial charge in [-0.3, -0.25) is 4.90 Å². The molecule has 5 nitrogen and oxygen atoms in total. The predicted octanol–water partition coefficient (Wildman–Crippen LogP) is 5.15. The number of amides is 1. The molecule has 0 radical (unpaired) electrons. The van der Waals surface area contributed by atoms with Crippen LogP contribution >= 0.6 is 0 Å². The predicted molar refractivity (Wildman–Crippen MR) is 125 cm³/mol. The van der Waals surface area contributed by atoms with E-state index in [0.717, 1.165) is 11.6 Å². The third-order valence-electron chi connectivity index (χ3n) is 5.78. The lowest BCUT2D eigenvalue weighted by molar-refractivity contribution is -0.0143. The van der Waals surface area contributed by atoms with Crippen molar-refractivity contribution >= 4 is 22.8 Å². The number of nitrogens with zero attached hydrogens (tertiary/aromatic N) is 1. The Morgan fingerprint density at radius 3 is 2.55 bits per heavy atom. The molecule has 0 saturated carbocycles. The Morgan fingerprint density at radius 1 is 1.06 bits per heavy atom. The van der Waals surface area contributed by atoms with Crippen molar-refractivity contribution < 1.29 is 22.5 Å². The lowest BCUT2D eigenvalue weighted by atomic mass is 9.85. The topological polar surface area (TPSA) is 58.6 Å². The van der Waals surface area contributed by atoms with Crippen LogP contribution in [0.4, 0.5) is 19.3 Å². The van der Waals surface area contributed by atoms with E-state index in [-0.39, 0.29) is 5.56 Å². The number of benzene rings is 3. The maximum absolute atomic E-state index is 14.3. The summed E-state index contributed by atoms with van der Waals surface area (Å²) in [6.45, 7) is 0.808. The molecule has 1 N–H and O–H groups in total. The number of hydrogen-bond acceptors (Lipinski definition) is 3. The molecule has 0 bridgehead atoms. The summed E-state index contributed by atoms with van der Waals surface area (Å²) in [5.74, 6) is -1.32. The number of rotatable bonds is 7.